The van der Waals surface area contributed by atoms with Gasteiger partial charge in [0.15, 0.2) is 11.6 Å². The number of pyridine rings is 1. The Morgan fingerprint density at radius 2 is 2.04 bits per heavy atom. The Morgan fingerprint density at radius 3 is 2.73 bits per heavy atom. The van der Waals surface area contributed by atoms with Crippen molar-refractivity contribution in [2.45, 2.75) is 27.0 Å². The van der Waals surface area contributed by atoms with Crippen LogP contribution < -0.4 is 4.74 Å². The van der Waals surface area contributed by atoms with Crippen molar-refractivity contribution in [3.05, 3.63) is 59.6 Å². The first-order chi connectivity index (χ1) is 12.6. The van der Waals surface area contributed by atoms with Gasteiger partial charge >= 0.3 is 5.97 Å². The van der Waals surface area contributed by atoms with Crippen LogP contribution in [-0.2, 0) is 17.9 Å². The maximum Gasteiger partial charge on any atom is 0.355 e. The molecule has 2 heterocycles. The summed E-state index contributed by atoms with van der Waals surface area (Å²) in [5.74, 6) is -2.07. The third-order valence-corrected chi connectivity index (χ3v) is 4.02. The molecule has 7 heteroatoms. The first-order valence-electron chi connectivity index (χ1n) is 8.26. The van der Waals surface area contributed by atoms with E-state index in [1.807, 2.05) is 11.5 Å². The van der Waals surface area contributed by atoms with Crippen LogP contribution in [0.15, 0.2) is 36.7 Å². The van der Waals surface area contributed by atoms with E-state index in [2.05, 4.69) is 4.98 Å². The van der Waals surface area contributed by atoms with Crippen molar-refractivity contribution in [3.8, 4) is 5.75 Å². The molecular formula is C19H18F2N2O3. The van der Waals surface area contributed by atoms with Crippen LogP contribution in [0.3, 0.4) is 0 Å². The van der Waals surface area contributed by atoms with Crippen molar-refractivity contribution >= 4 is 16.9 Å². The molecule has 0 saturated heterocycles. The maximum absolute atomic E-state index is 13.8. The molecule has 3 rings (SSSR count). The lowest BCUT2D eigenvalue weighted by molar-refractivity contribution is 0.0511. The zero-order valence-corrected chi connectivity index (χ0v) is 14.5. The number of hydrogen-bond acceptors (Lipinski definition) is 4. The first-order valence-corrected chi connectivity index (χ1v) is 8.26. The van der Waals surface area contributed by atoms with Crippen molar-refractivity contribution in [2.24, 2.45) is 0 Å². The smallest absolute Gasteiger partial charge is 0.355 e. The van der Waals surface area contributed by atoms with Gasteiger partial charge in [-0.25, -0.2) is 13.6 Å². The monoisotopic (exact) mass is 360 g/mol. The minimum atomic E-state index is -0.806. The van der Waals surface area contributed by atoms with Gasteiger partial charge in [0.1, 0.15) is 18.1 Å². The molecule has 0 unspecified atom stereocenters. The van der Waals surface area contributed by atoms with E-state index < -0.39 is 17.6 Å². The highest BCUT2D eigenvalue weighted by atomic mass is 19.1. The fraction of sp³-hybridized carbons (Fsp3) is 0.263. The number of carbonyl (C=O) groups is 1. The van der Waals surface area contributed by atoms with Crippen LogP contribution >= 0.6 is 0 Å². The lowest BCUT2D eigenvalue weighted by Gasteiger charge is -2.11. The quantitative estimate of drug-likeness (QED) is 0.622. The number of hydrogen-bond donors (Lipinski definition) is 0. The topological polar surface area (TPSA) is 53.4 Å². The molecule has 0 spiro atoms. The number of ether oxygens (including phenoxy) is 2. The van der Waals surface area contributed by atoms with E-state index in [1.54, 1.807) is 25.4 Å². The molecule has 2 aromatic heterocycles. The number of benzene rings is 1. The number of halogens is 2. The SMILES string of the molecule is CCOC(=O)c1c(COc2ccc(F)cc2F)c2cnccc2n1CC. The lowest BCUT2D eigenvalue weighted by atomic mass is 10.2. The molecule has 0 aliphatic heterocycles. The second kappa shape index (κ2) is 7.51. The Hall–Kier alpha value is -2.96. The fourth-order valence-electron chi connectivity index (χ4n) is 2.92. The number of fused-ring (bicyclic) bond motifs is 1. The second-order valence-corrected chi connectivity index (χ2v) is 5.55. The van der Waals surface area contributed by atoms with Gasteiger partial charge in [0, 0.05) is 36.0 Å². The summed E-state index contributed by atoms with van der Waals surface area (Å²) in [6, 6.07) is 4.87. The molecule has 0 radical (unpaired) electrons. The molecule has 26 heavy (non-hydrogen) atoms. The van der Waals surface area contributed by atoms with E-state index in [4.69, 9.17) is 9.47 Å². The summed E-state index contributed by atoms with van der Waals surface area (Å²) in [5, 5.41) is 0.722. The predicted molar refractivity (Wildman–Crippen MR) is 92.1 cm³/mol. The summed E-state index contributed by atoms with van der Waals surface area (Å²) < 4.78 is 39.4. The zero-order valence-electron chi connectivity index (χ0n) is 14.5. The summed E-state index contributed by atoms with van der Waals surface area (Å²) in [7, 11) is 0. The van der Waals surface area contributed by atoms with Gasteiger partial charge in [-0.05, 0) is 32.0 Å². The number of nitrogens with zero attached hydrogens (tertiary/aromatic N) is 2. The van der Waals surface area contributed by atoms with E-state index in [-0.39, 0.29) is 19.0 Å². The number of aryl methyl sites for hydroxylation is 1. The molecule has 0 amide bonds. The van der Waals surface area contributed by atoms with Crippen LogP contribution in [0.1, 0.15) is 29.9 Å². The Kier molecular flexibility index (Phi) is 5.16. The van der Waals surface area contributed by atoms with Gasteiger partial charge in [0.25, 0.3) is 0 Å². The van der Waals surface area contributed by atoms with E-state index in [0.29, 0.717) is 17.8 Å². The number of rotatable bonds is 6. The van der Waals surface area contributed by atoms with Crippen LogP contribution in [-0.4, -0.2) is 22.1 Å². The van der Waals surface area contributed by atoms with E-state index in [1.165, 1.54) is 6.07 Å². The van der Waals surface area contributed by atoms with Crippen LogP contribution in [0.25, 0.3) is 10.9 Å². The average Bonchev–Trinajstić information content (AvgIpc) is 2.95. The van der Waals surface area contributed by atoms with Gasteiger partial charge in [-0.3, -0.25) is 4.98 Å². The summed E-state index contributed by atoms with van der Waals surface area (Å²) in [6.45, 7) is 4.33. The Labute approximate surface area is 149 Å². The number of carbonyl (C=O) groups excluding carboxylic acids is 1. The van der Waals surface area contributed by atoms with E-state index in [9.17, 15) is 13.6 Å². The van der Waals surface area contributed by atoms with Crippen molar-refractivity contribution in [3.63, 3.8) is 0 Å². The minimum Gasteiger partial charge on any atom is -0.486 e. The van der Waals surface area contributed by atoms with Crippen molar-refractivity contribution in [2.75, 3.05) is 6.61 Å². The number of esters is 1. The Balaban J connectivity index is 2.05. The van der Waals surface area contributed by atoms with Crippen LogP contribution in [0, 0.1) is 11.6 Å². The van der Waals surface area contributed by atoms with Crippen LogP contribution in [0.4, 0.5) is 8.78 Å². The van der Waals surface area contributed by atoms with Crippen molar-refractivity contribution < 1.29 is 23.0 Å². The van der Waals surface area contributed by atoms with Crippen LogP contribution in [0.2, 0.25) is 0 Å². The molecule has 0 bridgehead atoms. The summed E-state index contributed by atoms with van der Waals surface area (Å²) in [4.78, 5) is 16.6. The largest absolute Gasteiger partial charge is 0.486 e. The molecule has 0 fully saturated rings. The summed E-state index contributed by atoms with van der Waals surface area (Å²) in [5.41, 5.74) is 1.71. The third kappa shape index (κ3) is 3.24. The van der Waals surface area contributed by atoms with Gasteiger partial charge in [-0.1, -0.05) is 0 Å². The molecule has 0 atom stereocenters. The zero-order chi connectivity index (χ0) is 18.7. The molecule has 1 aromatic carbocycles. The third-order valence-electron chi connectivity index (χ3n) is 4.02. The van der Waals surface area contributed by atoms with Gasteiger partial charge in [-0.2, -0.15) is 0 Å². The van der Waals surface area contributed by atoms with Gasteiger partial charge in [-0.15, -0.1) is 0 Å². The van der Waals surface area contributed by atoms with Crippen LogP contribution in [0.5, 0.6) is 5.75 Å². The predicted octanol–water partition coefficient (Wildman–Crippen LogP) is 4.09. The molecular weight excluding hydrogens is 342 g/mol. The average molecular weight is 360 g/mol. The molecule has 0 N–H and O–H groups in total. The van der Waals surface area contributed by atoms with Gasteiger partial charge in [0.05, 0.1) is 12.1 Å². The Bertz CT molecular complexity index is 953. The molecule has 0 aliphatic carbocycles. The maximum atomic E-state index is 13.8. The molecule has 3 aromatic rings. The highest BCUT2D eigenvalue weighted by molar-refractivity contribution is 5.98. The highest BCUT2D eigenvalue weighted by Gasteiger charge is 2.24. The van der Waals surface area contributed by atoms with Crippen molar-refractivity contribution in [1.82, 2.24) is 9.55 Å². The molecule has 5 nitrogen and oxygen atoms in total. The Morgan fingerprint density at radius 1 is 1.23 bits per heavy atom. The normalized spacial score (nSPS) is 10.9. The second-order valence-electron chi connectivity index (χ2n) is 5.55. The summed E-state index contributed by atoms with van der Waals surface area (Å²) >= 11 is 0. The van der Waals surface area contributed by atoms with E-state index in [0.717, 1.165) is 23.0 Å². The molecule has 0 aliphatic rings. The standard InChI is InChI=1S/C19H18F2N2O3/c1-3-23-16-7-8-22-10-13(16)14(18(23)19(24)25-4-2)11-26-17-6-5-12(20)9-15(17)21/h5-10H,3-4,11H2,1-2H3. The molecule has 0 saturated carbocycles. The van der Waals surface area contributed by atoms with Gasteiger partial charge < -0.3 is 14.0 Å². The lowest BCUT2D eigenvalue weighted by Crippen LogP contribution is -2.14. The van der Waals surface area contributed by atoms with Crippen molar-refractivity contribution in [1.29, 1.82) is 0 Å². The first kappa shape index (κ1) is 17.8. The van der Waals surface area contributed by atoms with Gasteiger partial charge in [0.2, 0.25) is 0 Å². The minimum absolute atomic E-state index is 0.0775. The summed E-state index contributed by atoms with van der Waals surface area (Å²) in [6.07, 6.45) is 3.26. The fourth-order valence-corrected chi connectivity index (χ4v) is 2.92. The molecule has 136 valence electrons. The van der Waals surface area contributed by atoms with E-state index >= 15 is 0 Å². The highest BCUT2D eigenvalue weighted by Crippen LogP contribution is 2.28. The number of aromatic nitrogens is 2.